The molecule has 116 valence electrons. The van der Waals surface area contributed by atoms with E-state index in [4.69, 9.17) is 0 Å². The third kappa shape index (κ3) is 11.1. The highest BCUT2D eigenvalue weighted by Gasteiger charge is 2.05. The molecule has 0 aromatic heterocycles. The van der Waals surface area contributed by atoms with Crippen molar-refractivity contribution >= 4 is 0 Å². The first-order valence-electron chi connectivity index (χ1n) is 8.12. The summed E-state index contributed by atoms with van der Waals surface area (Å²) in [6.45, 7) is 18.1. The molecule has 20 heavy (non-hydrogen) atoms. The number of hydrogen-bond donors (Lipinski definition) is 0. The summed E-state index contributed by atoms with van der Waals surface area (Å²) in [5, 5.41) is 0. The van der Waals surface area contributed by atoms with Gasteiger partial charge in [-0.15, -0.1) is 0 Å². The molecule has 0 fully saturated rings. The van der Waals surface area contributed by atoms with E-state index in [1.54, 1.807) is 0 Å². The lowest BCUT2D eigenvalue weighted by Gasteiger charge is -2.14. The summed E-state index contributed by atoms with van der Waals surface area (Å²) >= 11 is 0. The van der Waals surface area contributed by atoms with Gasteiger partial charge in [0.05, 0.1) is 0 Å². The van der Waals surface area contributed by atoms with Crippen molar-refractivity contribution in [2.24, 2.45) is 11.3 Å². The molecule has 0 saturated heterocycles. The van der Waals surface area contributed by atoms with Crippen LogP contribution in [0.2, 0.25) is 0 Å². The zero-order valence-corrected chi connectivity index (χ0v) is 15.1. The molecule has 0 spiro atoms. The van der Waals surface area contributed by atoms with E-state index in [0.29, 0.717) is 11.3 Å². The molecule has 0 bridgehead atoms. The smallest absolute Gasteiger partial charge is 0.0201 e. The normalized spacial score (nSPS) is 15.2. The van der Waals surface area contributed by atoms with Crippen LogP contribution in [0.25, 0.3) is 0 Å². The van der Waals surface area contributed by atoms with Crippen LogP contribution in [0.3, 0.4) is 0 Å². The molecule has 0 heterocycles. The van der Waals surface area contributed by atoms with E-state index in [2.05, 4.69) is 73.6 Å². The summed E-state index contributed by atoms with van der Waals surface area (Å²) in [4.78, 5) is 0. The van der Waals surface area contributed by atoms with E-state index in [9.17, 15) is 0 Å². The van der Waals surface area contributed by atoms with Gasteiger partial charge < -0.3 is 0 Å². The number of rotatable bonds is 7. The number of hydrogen-bond acceptors (Lipinski definition) is 0. The highest BCUT2D eigenvalue weighted by Crippen LogP contribution is 2.20. The molecule has 0 amide bonds. The molecule has 0 aliphatic heterocycles. The van der Waals surface area contributed by atoms with Gasteiger partial charge in [0, 0.05) is 0 Å². The molecule has 0 unspecified atom stereocenters. The summed E-state index contributed by atoms with van der Waals surface area (Å²) in [7, 11) is 0. The lowest BCUT2D eigenvalue weighted by Crippen LogP contribution is -2.00. The highest BCUT2D eigenvalue weighted by molar-refractivity contribution is 5.08. The van der Waals surface area contributed by atoms with Crippen LogP contribution in [0.15, 0.2) is 34.9 Å². The Morgan fingerprint density at radius 1 is 0.850 bits per heavy atom. The van der Waals surface area contributed by atoms with Crippen molar-refractivity contribution in [3.05, 3.63) is 34.9 Å². The monoisotopic (exact) mass is 276 g/mol. The SMILES string of the molecule is C/C(=C\CC/C(C)=C/C(C)(C)C)CC/C=C(\C)C(C)C. The zero-order valence-electron chi connectivity index (χ0n) is 15.1. The largest absolute Gasteiger partial charge is 0.0853 e. The van der Waals surface area contributed by atoms with Crippen LogP contribution in [0.4, 0.5) is 0 Å². The molecular formula is C20H36. The minimum Gasteiger partial charge on any atom is -0.0853 e. The molecule has 0 N–H and O–H groups in total. The molecular weight excluding hydrogens is 240 g/mol. The van der Waals surface area contributed by atoms with Crippen LogP contribution in [-0.4, -0.2) is 0 Å². The Hall–Kier alpha value is -0.780. The second kappa shape index (κ2) is 9.21. The maximum atomic E-state index is 2.42. The van der Waals surface area contributed by atoms with E-state index < -0.39 is 0 Å². The third-order valence-electron chi connectivity index (χ3n) is 3.63. The fourth-order valence-electron chi connectivity index (χ4n) is 2.22. The summed E-state index contributed by atoms with van der Waals surface area (Å²) in [6, 6.07) is 0. The molecule has 0 saturated carbocycles. The van der Waals surface area contributed by atoms with Gasteiger partial charge in [0.2, 0.25) is 0 Å². The first kappa shape index (κ1) is 19.2. The average Bonchev–Trinajstić information content (AvgIpc) is 2.26. The molecule has 0 nitrogen and oxygen atoms in total. The summed E-state index contributed by atoms with van der Waals surface area (Å²) in [5.74, 6) is 0.685. The highest BCUT2D eigenvalue weighted by atomic mass is 14.1. The maximum Gasteiger partial charge on any atom is -0.0201 e. The molecule has 0 aromatic carbocycles. The minimum atomic E-state index is 0.308. The Kier molecular flexibility index (Phi) is 8.85. The van der Waals surface area contributed by atoms with Gasteiger partial charge in [-0.05, 0) is 57.8 Å². The minimum absolute atomic E-state index is 0.308. The molecule has 0 aromatic rings. The van der Waals surface area contributed by atoms with Crippen molar-refractivity contribution in [3.63, 3.8) is 0 Å². The van der Waals surface area contributed by atoms with Gasteiger partial charge in [-0.25, -0.2) is 0 Å². The van der Waals surface area contributed by atoms with Crippen molar-refractivity contribution in [3.8, 4) is 0 Å². The second-order valence-corrected chi connectivity index (χ2v) is 7.59. The van der Waals surface area contributed by atoms with E-state index >= 15 is 0 Å². The van der Waals surface area contributed by atoms with E-state index in [1.807, 2.05) is 0 Å². The van der Waals surface area contributed by atoms with Gasteiger partial charge in [0.1, 0.15) is 0 Å². The van der Waals surface area contributed by atoms with E-state index in [1.165, 1.54) is 42.4 Å². The molecule has 0 aliphatic carbocycles. The topological polar surface area (TPSA) is 0 Å². The Bertz CT molecular complexity index is 356. The summed E-state index contributed by atoms with van der Waals surface area (Å²) < 4.78 is 0. The molecule has 0 atom stereocenters. The van der Waals surface area contributed by atoms with Crippen molar-refractivity contribution < 1.29 is 0 Å². The van der Waals surface area contributed by atoms with Gasteiger partial charge in [0.15, 0.2) is 0 Å². The number of allylic oxidation sites excluding steroid dienone is 6. The van der Waals surface area contributed by atoms with Crippen molar-refractivity contribution in [1.82, 2.24) is 0 Å². The Balaban J connectivity index is 4.10. The van der Waals surface area contributed by atoms with Crippen molar-refractivity contribution in [1.29, 1.82) is 0 Å². The van der Waals surface area contributed by atoms with Gasteiger partial charge in [-0.3, -0.25) is 0 Å². The lowest BCUT2D eigenvalue weighted by molar-refractivity contribution is 0.537. The Morgan fingerprint density at radius 3 is 1.85 bits per heavy atom. The van der Waals surface area contributed by atoms with Crippen molar-refractivity contribution in [2.45, 2.75) is 81.1 Å². The van der Waals surface area contributed by atoms with Gasteiger partial charge in [-0.2, -0.15) is 0 Å². The standard InChI is InChI=1S/C20H36/c1-16(2)19(5)14-10-12-17(3)11-9-13-18(4)15-20(6,7)8/h11,14-16H,9-10,12-13H2,1-8H3/b17-11+,18-15+,19-14+. The fraction of sp³-hybridized carbons (Fsp3) is 0.700. The molecule has 0 radical (unpaired) electrons. The zero-order chi connectivity index (χ0) is 15.8. The average molecular weight is 277 g/mol. The Morgan fingerprint density at radius 2 is 1.35 bits per heavy atom. The first-order valence-corrected chi connectivity index (χ1v) is 8.12. The Labute approximate surface area is 128 Å². The van der Waals surface area contributed by atoms with Crippen LogP contribution in [0.5, 0.6) is 0 Å². The van der Waals surface area contributed by atoms with Crippen LogP contribution in [0.1, 0.15) is 81.1 Å². The summed E-state index contributed by atoms with van der Waals surface area (Å²) in [5.41, 5.74) is 4.86. The molecule has 0 rings (SSSR count). The lowest BCUT2D eigenvalue weighted by atomic mass is 9.92. The van der Waals surface area contributed by atoms with E-state index in [0.717, 1.165) is 0 Å². The van der Waals surface area contributed by atoms with Crippen LogP contribution in [-0.2, 0) is 0 Å². The predicted octanol–water partition coefficient (Wildman–Crippen LogP) is 7.09. The van der Waals surface area contributed by atoms with Crippen molar-refractivity contribution in [2.75, 3.05) is 0 Å². The van der Waals surface area contributed by atoms with Gasteiger partial charge in [0.25, 0.3) is 0 Å². The maximum absolute atomic E-state index is 2.42. The third-order valence-corrected chi connectivity index (χ3v) is 3.63. The van der Waals surface area contributed by atoms with Crippen LogP contribution >= 0.6 is 0 Å². The second-order valence-electron chi connectivity index (χ2n) is 7.59. The summed E-state index contributed by atoms with van der Waals surface area (Å²) in [6.07, 6.45) is 12.0. The van der Waals surface area contributed by atoms with E-state index in [-0.39, 0.29) is 0 Å². The van der Waals surface area contributed by atoms with Crippen LogP contribution < -0.4 is 0 Å². The van der Waals surface area contributed by atoms with Gasteiger partial charge >= 0.3 is 0 Å². The fourth-order valence-corrected chi connectivity index (χ4v) is 2.22. The predicted molar refractivity (Wildman–Crippen MR) is 94.0 cm³/mol. The van der Waals surface area contributed by atoms with Gasteiger partial charge in [-0.1, -0.05) is 69.6 Å². The quantitative estimate of drug-likeness (QED) is 0.435. The van der Waals surface area contributed by atoms with Crippen LogP contribution in [0, 0.1) is 11.3 Å². The first-order chi connectivity index (χ1) is 9.11. The molecule has 0 aliphatic rings. The molecule has 0 heteroatoms.